The number of carbonyl (C=O) groups is 1. The molecule has 0 atom stereocenters. The zero-order valence-electron chi connectivity index (χ0n) is 11.9. The number of benzene rings is 1. The second-order valence-corrected chi connectivity index (χ2v) is 7.06. The Hall–Kier alpha value is -2.28. The largest absolute Gasteiger partial charge is 0.467 e. The quantitative estimate of drug-likeness (QED) is 0.931. The molecule has 0 radical (unpaired) electrons. The van der Waals surface area contributed by atoms with Gasteiger partial charge in [0.1, 0.15) is 5.76 Å². The molecule has 116 valence electrons. The summed E-state index contributed by atoms with van der Waals surface area (Å²) in [5, 5.41) is 2.74. The smallest absolute Gasteiger partial charge is 0.251 e. The molecule has 1 fully saturated rings. The van der Waals surface area contributed by atoms with Crippen molar-refractivity contribution >= 4 is 21.6 Å². The first-order valence-electron chi connectivity index (χ1n) is 6.97. The van der Waals surface area contributed by atoms with Crippen LogP contribution < -0.4 is 9.62 Å². The number of nitrogens with zero attached hydrogens (tertiary/aromatic N) is 1. The Kier molecular flexibility index (Phi) is 3.89. The highest BCUT2D eigenvalue weighted by Gasteiger charge is 2.28. The average Bonchev–Trinajstić information content (AvgIpc) is 3.14. The number of nitrogens with one attached hydrogen (secondary N) is 1. The molecule has 1 aliphatic rings. The van der Waals surface area contributed by atoms with E-state index in [9.17, 15) is 13.2 Å². The maximum Gasteiger partial charge on any atom is 0.251 e. The summed E-state index contributed by atoms with van der Waals surface area (Å²) >= 11 is 0. The predicted octanol–water partition coefficient (Wildman–Crippen LogP) is 1.75. The van der Waals surface area contributed by atoms with Gasteiger partial charge in [0.05, 0.1) is 24.2 Å². The van der Waals surface area contributed by atoms with E-state index in [0.717, 1.165) is 0 Å². The van der Waals surface area contributed by atoms with Crippen molar-refractivity contribution in [1.82, 2.24) is 5.32 Å². The number of rotatable bonds is 4. The van der Waals surface area contributed by atoms with E-state index >= 15 is 0 Å². The third kappa shape index (κ3) is 2.99. The first-order chi connectivity index (χ1) is 10.6. The fraction of sp³-hybridized carbons (Fsp3) is 0.267. The van der Waals surface area contributed by atoms with Crippen molar-refractivity contribution < 1.29 is 17.6 Å². The van der Waals surface area contributed by atoms with Gasteiger partial charge in [0.25, 0.3) is 5.91 Å². The van der Waals surface area contributed by atoms with Crippen LogP contribution in [0.3, 0.4) is 0 Å². The average molecular weight is 320 g/mol. The molecule has 0 bridgehead atoms. The molecular formula is C15H16N2O4S. The van der Waals surface area contributed by atoms with Crippen LogP contribution in [0.4, 0.5) is 5.69 Å². The Morgan fingerprint density at radius 2 is 2.00 bits per heavy atom. The lowest BCUT2D eigenvalue weighted by molar-refractivity contribution is 0.0948. The first-order valence-corrected chi connectivity index (χ1v) is 8.58. The van der Waals surface area contributed by atoms with Crippen LogP contribution >= 0.6 is 0 Å². The van der Waals surface area contributed by atoms with E-state index in [1.54, 1.807) is 42.7 Å². The van der Waals surface area contributed by atoms with Crippen LogP contribution in [0.25, 0.3) is 0 Å². The number of amides is 1. The van der Waals surface area contributed by atoms with E-state index in [2.05, 4.69) is 5.32 Å². The summed E-state index contributed by atoms with van der Waals surface area (Å²) in [5.41, 5.74) is 1.08. The van der Waals surface area contributed by atoms with Crippen LogP contribution in [0, 0.1) is 0 Å². The van der Waals surface area contributed by atoms with Gasteiger partial charge in [-0.1, -0.05) is 0 Å². The molecule has 1 N–H and O–H groups in total. The molecule has 1 aromatic heterocycles. The van der Waals surface area contributed by atoms with Crippen LogP contribution in [-0.2, 0) is 16.6 Å². The van der Waals surface area contributed by atoms with E-state index in [0.29, 0.717) is 36.5 Å². The standard InChI is InChI=1S/C15H16N2O4S/c18-15(16-11-14-3-1-9-21-14)12-4-6-13(7-5-12)17-8-2-10-22(17,19)20/h1,3-7,9H,2,8,10-11H2,(H,16,18). The van der Waals surface area contributed by atoms with Crippen LogP contribution in [0.1, 0.15) is 22.5 Å². The summed E-state index contributed by atoms with van der Waals surface area (Å²) in [5.74, 6) is 0.624. The monoisotopic (exact) mass is 320 g/mol. The van der Waals surface area contributed by atoms with Crippen LogP contribution in [0.5, 0.6) is 0 Å². The van der Waals surface area contributed by atoms with Crippen molar-refractivity contribution in [3.8, 4) is 0 Å². The van der Waals surface area contributed by atoms with Crippen molar-refractivity contribution in [2.75, 3.05) is 16.6 Å². The summed E-state index contributed by atoms with van der Waals surface area (Å²) < 4.78 is 30.2. The van der Waals surface area contributed by atoms with Gasteiger partial charge in [0.15, 0.2) is 0 Å². The van der Waals surface area contributed by atoms with Crippen LogP contribution in [0.2, 0.25) is 0 Å². The fourth-order valence-electron chi connectivity index (χ4n) is 2.39. The van der Waals surface area contributed by atoms with Gasteiger partial charge < -0.3 is 9.73 Å². The summed E-state index contributed by atoms with van der Waals surface area (Å²) in [6.07, 6.45) is 2.18. The van der Waals surface area contributed by atoms with Gasteiger partial charge in [-0.15, -0.1) is 0 Å². The van der Waals surface area contributed by atoms with Crippen LogP contribution in [0.15, 0.2) is 47.1 Å². The topological polar surface area (TPSA) is 79.6 Å². The molecule has 2 aromatic rings. The van der Waals surface area contributed by atoms with Gasteiger partial charge >= 0.3 is 0 Å². The van der Waals surface area contributed by atoms with Crippen LogP contribution in [-0.4, -0.2) is 26.6 Å². The number of hydrogen-bond donors (Lipinski definition) is 1. The first kappa shape index (κ1) is 14.6. The minimum absolute atomic E-state index is 0.179. The number of hydrogen-bond acceptors (Lipinski definition) is 4. The predicted molar refractivity (Wildman–Crippen MR) is 82.1 cm³/mol. The second-order valence-electron chi connectivity index (χ2n) is 5.05. The normalized spacial score (nSPS) is 16.6. The Bertz CT molecular complexity index is 751. The lowest BCUT2D eigenvalue weighted by atomic mass is 10.2. The van der Waals surface area contributed by atoms with Gasteiger partial charge in [-0.2, -0.15) is 0 Å². The molecule has 0 spiro atoms. The highest BCUT2D eigenvalue weighted by molar-refractivity contribution is 7.93. The minimum Gasteiger partial charge on any atom is -0.467 e. The number of carbonyl (C=O) groups excluding carboxylic acids is 1. The Balaban J connectivity index is 1.67. The Morgan fingerprint density at radius 3 is 2.59 bits per heavy atom. The van der Waals surface area contributed by atoms with E-state index in [-0.39, 0.29) is 11.7 Å². The molecule has 2 heterocycles. The summed E-state index contributed by atoms with van der Waals surface area (Å²) in [6.45, 7) is 0.806. The van der Waals surface area contributed by atoms with Gasteiger partial charge in [0.2, 0.25) is 10.0 Å². The van der Waals surface area contributed by atoms with Crippen molar-refractivity contribution in [3.63, 3.8) is 0 Å². The highest BCUT2D eigenvalue weighted by Crippen LogP contribution is 2.24. The molecule has 7 heteroatoms. The number of sulfonamides is 1. The molecular weight excluding hydrogens is 304 g/mol. The maximum atomic E-state index is 12.0. The second kappa shape index (κ2) is 5.84. The maximum absolute atomic E-state index is 12.0. The molecule has 22 heavy (non-hydrogen) atoms. The third-order valence-corrected chi connectivity index (χ3v) is 5.39. The SMILES string of the molecule is O=C(NCc1ccco1)c1ccc(N2CCCS2(=O)=O)cc1. The highest BCUT2D eigenvalue weighted by atomic mass is 32.2. The Morgan fingerprint density at radius 1 is 1.23 bits per heavy atom. The molecule has 3 rings (SSSR count). The zero-order chi connectivity index (χ0) is 15.6. The summed E-state index contributed by atoms with van der Waals surface area (Å²) in [7, 11) is -3.19. The third-order valence-electron chi connectivity index (χ3n) is 3.52. The molecule has 1 aromatic carbocycles. The zero-order valence-corrected chi connectivity index (χ0v) is 12.7. The van der Waals surface area contributed by atoms with Gasteiger partial charge in [-0.3, -0.25) is 9.10 Å². The Labute approximate surface area is 128 Å². The van der Waals surface area contributed by atoms with E-state index < -0.39 is 10.0 Å². The lowest BCUT2D eigenvalue weighted by Gasteiger charge is -2.16. The lowest BCUT2D eigenvalue weighted by Crippen LogP contribution is -2.25. The molecule has 1 aliphatic heterocycles. The molecule has 6 nitrogen and oxygen atoms in total. The van der Waals surface area contributed by atoms with E-state index in [1.807, 2.05) is 0 Å². The van der Waals surface area contributed by atoms with Gasteiger partial charge in [-0.25, -0.2) is 8.42 Å². The van der Waals surface area contributed by atoms with E-state index in [1.165, 1.54) is 4.31 Å². The molecule has 1 amide bonds. The van der Waals surface area contributed by atoms with Gasteiger partial charge in [-0.05, 0) is 42.8 Å². The number of furan rings is 1. The number of anilines is 1. The van der Waals surface area contributed by atoms with Crippen molar-refractivity contribution in [3.05, 3.63) is 54.0 Å². The summed E-state index contributed by atoms with van der Waals surface area (Å²) in [6, 6.07) is 10.1. The molecule has 1 saturated heterocycles. The fourth-order valence-corrected chi connectivity index (χ4v) is 3.96. The van der Waals surface area contributed by atoms with Crippen molar-refractivity contribution in [1.29, 1.82) is 0 Å². The minimum atomic E-state index is -3.19. The molecule has 0 saturated carbocycles. The molecule has 0 unspecified atom stereocenters. The van der Waals surface area contributed by atoms with Crippen molar-refractivity contribution in [2.45, 2.75) is 13.0 Å². The molecule has 0 aliphatic carbocycles. The summed E-state index contributed by atoms with van der Waals surface area (Å²) in [4.78, 5) is 12.0. The van der Waals surface area contributed by atoms with Crippen molar-refractivity contribution in [2.24, 2.45) is 0 Å². The van der Waals surface area contributed by atoms with E-state index in [4.69, 9.17) is 4.42 Å². The van der Waals surface area contributed by atoms with Gasteiger partial charge in [0, 0.05) is 12.1 Å².